The number of amides is 1. The van der Waals surface area contributed by atoms with Crippen molar-refractivity contribution in [2.45, 2.75) is 13.0 Å². The van der Waals surface area contributed by atoms with Crippen LogP contribution in [0.5, 0.6) is 11.5 Å². The minimum absolute atomic E-state index is 0.242. The van der Waals surface area contributed by atoms with Gasteiger partial charge in [0, 0.05) is 10.0 Å². The van der Waals surface area contributed by atoms with E-state index in [0.717, 1.165) is 15.6 Å². The van der Waals surface area contributed by atoms with Crippen molar-refractivity contribution in [3.05, 3.63) is 118 Å². The third-order valence-electron chi connectivity index (χ3n) is 5.29. The minimum atomic E-state index is -0.792. The Hall–Kier alpha value is -3.94. The van der Waals surface area contributed by atoms with Gasteiger partial charge in [0.25, 0.3) is 5.91 Å². The molecule has 0 unspecified atom stereocenters. The molecule has 0 heterocycles. The third-order valence-corrected chi connectivity index (χ3v) is 6.11. The van der Waals surface area contributed by atoms with Crippen LogP contribution >= 0.6 is 27.5 Å². The maximum absolute atomic E-state index is 12.6. The summed E-state index contributed by atoms with van der Waals surface area (Å²) in [6.45, 7) is 1.63. The lowest BCUT2D eigenvalue weighted by molar-refractivity contribution is -0.127. The van der Waals surface area contributed by atoms with Gasteiger partial charge in [-0.2, -0.15) is 5.10 Å². The summed E-state index contributed by atoms with van der Waals surface area (Å²) in [7, 11) is 0. The van der Waals surface area contributed by atoms with Crippen LogP contribution in [0.25, 0.3) is 11.1 Å². The summed E-state index contributed by atoms with van der Waals surface area (Å²) in [4.78, 5) is 25.1. The molecule has 0 spiro atoms. The Balaban J connectivity index is 1.37. The molecule has 1 atom stereocenters. The van der Waals surface area contributed by atoms with Crippen LogP contribution in [-0.4, -0.2) is 24.2 Å². The lowest BCUT2D eigenvalue weighted by atomic mass is 10.1. The van der Waals surface area contributed by atoms with Gasteiger partial charge in [-0.15, -0.1) is 0 Å². The number of hydrogen-bond donors (Lipinski definition) is 1. The van der Waals surface area contributed by atoms with Crippen LogP contribution in [0, 0.1) is 0 Å². The largest absolute Gasteiger partial charge is 0.481 e. The van der Waals surface area contributed by atoms with E-state index in [2.05, 4.69) is 26.5 Å². The minimum Gasteiger partial charge on any atom is -0.481 e. The van der Waals surface area contributed by atoms with Gasteiger partial charge in [0.15, 0.2) is 6.10 Å². The Morgan fingerprint density at radius 2 is 1.59 bits per heavy atom. The Bertz CT molecular complexity index is 1430. The smallest absolute Gasteiger partial charge is 0.345 e. The molecule has 0 aliphatic rings. The van der Waals surface area contributed by atoms with Crippen molar-refractivity contribution >= 4 is 45.6 Å². The highest BCUT2D eigenvalue weighted by Crippen LogP contribution is 2.25. The van der Waals surface area contributed by atoms with Crippen LogP contribution in [0.15, 0.2) is 107 Å². The van der Waals surface area contributed by atoms with Crippen LogP contribution in [0.3, 0.4) is 0 Å². The summed E-state index contributed by atoms with van der Waals surface area (Å²) in [5.41, 5.74) is 5.32. The molecular weight excluding hydrogens is 556 g/mol. The van der Waals surface area contributed by atoms with Gasteiger partial charge in [-0.25, -0.2) is 10.2 Å². The normalized spacial score (nSPS) is 11.6. The van der Waals surface area contributed by atoms with Gasteiger partial charge in [0.2, 0.25) is 0 Å². The number of nitrogens with zero attached hydrogens (tertiary/aromatic N) is 1. The van der Waals surface area contributed by atoms with Gasteiger partial charge in [-0.3, -0.25) is 4.79 Å². The van der Waals surface area contributed by atoms with Crippen molar-refractivity contribution in [2.75, 3.05) is 0 Å². The van der Waals surface area contributed by atoms with Crippen molar-refractivity contribution in [3.8, 4) is 22.6 Å². The van der Waals surface area contributed by atoms with E-state index in [-0.39, 0.29) is 16.3 Å². The summed E-state index contributed by atoms with van der Waals surface area (Å²) < 4.78 is 12.0. The molecule has 8 heteroatoms. The summed E-state index contributed by atoms with van der Waals surface area (Å²) in [6.07, 6.45) is 0.596. The monoisotopic (exact) mass is 576 g/mol. The Morgan fingerprint density at radius 1 is 0.919 bits per heavy atom. The summed E-state index contributed by atoms with van der Waals surface area (Å²) in [6, 6.07) is 29.1. The summed E-state index contributed by atoms with van der Waals surface area (Å²) >= 11 is 9.49. The van der Waals surface area contributed by atoms with Crippen LogP contribution < -0.4 is 14.9 Å². The van der Waals surface area contributed by atoms with Crippen molar-refractivity contribution in [2.24, 2.45) is 5.10 Å². The molecule has 0 radical (unpaired) electrons. The number of benzene rings is 4. The predicted octanol–water partition coefficient (Wildman–Crippen LogP) is 6.91. The SMILES string of the molecule is C[C@H](Oc1ccc(-c2ccccc2)cc1)C(=O)N/N=C\c1cc(Br)ccc1OC(=O)c1ccccc1Cl. The number of nitrogens with one attached hydrogen (secondary N) is 1. The van der Waals surface area contributed by atoms with Crippen molar-refractivity contribution in [1.82, 2.24) is 5.43 Å². The fraction of sp³-hybridized carbons (Fsp3) is 0.0690. The van der Waals surface area contributed by atoms with Crippen molar-refractivity contribution in [3.63, 3.8) is 0 Å². The lowest BCUT2D eigenvalue weighted by Gasteiger charge is -2.13. The molecule has 0 saturated heterocycles. The first-order valence-electron chi connectivity index (χ1n) is 11.3. The second kappa shape index (κ2) is 12.3. The van der Waals surface area contributed by atoms with Gasteiger partial charge in [0.1, 0.15) is 11.5 Å². The molecule has 6 nitrogen and oxygen atoms in total. The summed E-state index contributed by atoms with van der Waals surface area (Å²) in [5, 5.41) is 4.30. The molecule has 1 N–H and O–H groups in total. The number of hydrazone groups is 1. The van der Waals surface area contributed by atoms with Crippen molar-refractivity contribution < 1.29 is 19.1 Å². The Kier molecular flexibility index (Phi) is 8.72. The van der Waals surface area contributed by atoms with Gasteiger partial charge in [-0.1, -0.05) is 82.1 Å². The van der Waals surface area contributed by atoms with Gasteiger partial charge < -0.3 is 9.47 Å². The molecule has 0 bridgehead atoms. The van der Waals surface area contributed by atoms with E-state index in [9.17, 15) is 9.59 Å². The van der Waals surface area contributed by atoms with Gasteiger partial charge in [0.05, 0.1) is 16.8 Å². The first kappa shape index (κ1) is 26.1. The number of ether oxygens (including phenoxy) is 2. The molecule has 4 aromatic carbocycles. The zero-order chi connectivity index (χ0) is 26.2. The molecule has 0 fully saturated rings. The molecule has 1 amide bonds. The molecule has 4 aromatic rings. The highest BCUT2D eigenvalue weighted by atomic mass is 79.9. The quantitative estimate of drug-likeness (QED) is 0.107. The maximum atomic E-state index is 12.6. The molecule has 0 saturated carbocycles. The van der Waals surface area contributed by atoms with E-state index in [1.807, 2.05) is 54.6 Å². The third kappa shape index (κ3) is 7.06. The number of hydrogen-bond acceptors (Lipinski definition) is 5. The highest BCUT2D eigenvalue weighted by Gasteiger charge is 2.16. The molecule has 0 aliphatic heterocycles. The predicted molar refractivity (Wildman–Crippen MR) is 148 cm³/mol. The second-order valence-corrected chi connectivity index (χ2v) is 9.26. The average Bonchev–Trinajstić information content (AvgIpc) is 2.91. The van der Waals surface area contributed by atoms with E-state index >= 15 is 0 Å². The molecule has 37 heavy (non-hydrogen) atoms. The van der Waals surface area contributed by atoms with E-state index in [1.165, 1.54) is 6.21 Å². The standard InChI is InChI=1S/C29H22BrClN2O4/c1-19(36-24-14-11-21(12-15-24)20-7-3-2-4-8-20)28(34)33-32-18-22-17-23(30)13-16-27(22)37-29(35)25-9-5-6-10-26(25)31/h2-19H,1H3,(H,33,34)/b32-18-/t19-/m0/s1. The number of carbonyl (C=O) groups is 2. The average molecular weight is 578 g/mol. The van der Waals surface area contributed by atoms with Crippen molar-refractivity contribution in [1.29, 1.82) is 0 Å². The van der Waals surface area contributed by atoms with Crippen LogP contribution in [0.2, 0.25) is 5.02 Å². The van der Waals surface area contributed by atoms with Crippen LogP contribution in [0.4, 0.5) is 0 Å². The van der Waals surface area contributed by atoms with Gasteiger partial charge >= 0.3 is 5.97 Å². The second-order valence-electron chi connectivity index (χ2n) is 7.94. The number of esters is 1. The maximum Gasteiger partial charge on any atom is 0.345 e. The zero-order valence-electron chi connectivity index (χ0n) is 19.7. The Labute approximate surface area is 228 Å². The molecule has 186 valence electrons. The first-order valence-corrected chi connectivity index (χ1v) is 12.5. The summed E-state index contributed by atoms with van der Waals surface area (Å²) in [5.74, 6) is -0.221. The van der Waals surface area contributed by atoms with Gasteiger partial charge in [-0.05, 0) is 60.5 Å². The number of carbonyl (C=O) groups excluding carboxylic acids is 2. The molecule has 4 rings (SSSR count). The van der Waals surface area contributed by atoms with E-state index < -0.39 is 18.0 Å². The number of halogens is 2. The zero-order valence-corrected chi connectivity index (χ0v) is 22.1. The van der Waals surface area contributed by atoms with E-state index in [1.54, 1.807) is 49.4 Å². The fourth-order valence-corrected chi connectivity index (χ4v) is 3.96. The number of rotatable bonds is 8. The molecular formula is C29H22BrClN2O4. The molecule has 0 aliphatic carbocycles. The van der Waals surface area contributed by atoms with Crippen LogP contribution in [-0.2, 0) is 4.79 Å². The lowest BCUT2D eigenvalue weighted by Crippen LogP contribution is -2.33. The fourth-order valence-electron chi connectivity index (χ4n) is 3.37. The van der Waals surface area contributed by atoms with E-state index in [0.29, 0.717) is 11.3 Å². The topological polar surface area (TPSA) is 77.0 Å². The molecule has 0 aromatic heterocycles. The van der Waals surface area contributed by atoms with Crippen LogP contribution in [0.1, 0.15) is 22.8 Å². The Morgan fingerprint density at radius 3 is 2.32 bits per heavy atom. The van der Waals surface area contributed by atoms with E-state index in [4.69, 9.17) is 21.1 Å². The first-order chi connectivity index (χ1) is 17.9. The highest BCUT2D eigenvalue weighted by molar-refractivity contribution is 9.10.